The van der Waals surface area contributed by atoms with Crippen molar-refractivity contribution in [3.63, 3.8) is 0 Å². The fraction of sp³-hybridized carbons (Fsp3) is 0.588. The summed E-state index contributed by atoms with van der Waals surface area (Å²) in [7, 11) is 1.88. The number of nitrogens with one attached hydrogen (secondary N) is 1. The minimum atomic E-state index is -4.28. The Morgan fingerprint density at radius 3 is 2.56 bits per heavy atom. The highest BCUT2D eigenvalue weighted by atomic mass is 19.4. The molecule has 0 bridgehead atoms. The van der Waals surface area contributed by atoms with Gasteiger partial charge in [0.1, 0.15) is 19.0 Å². The van der Waals surface area contributed by atoms with Gasteiger partial charge in [-0.2, -0.15) is 13.2 Å². The Morgan fingerprint density at radius 2 is 1.92 bits per heavy atom. The van der Waals surface area contributed by atoms with Gasteiger partial charge in [-0.15, -0.1) is 0 Å². The second-order valence-corrected chi connectivity index (χ2v) is 5.34. The fourth-order valence-corrected chi connectivity index (χ4v) is 1.93. The highest BCUT2D eigenvalue weighted by molar-refractivity contribution is 5.79. The summed E-state index contributed by atoms with van der Waals surface area (Å²) in [6.45, 7) is 3.00. The fourth-order valence-electron chi connectivity index (χ4n) is 1.93. The SMILES string of the molecule is CCNC(=NCCCOCC(F)(F)F)N(C)CCOc1ccccc1. The molecule has 25 heavy (non-hydrogen) atoms. The van der Waals surface area contributed by atoms with E-state index in [0.717, 1.165) is 5.75 Å². The predicted octanol–water partition coefficient (Wildman–Crippen LogP) is 2.93. The average molecular weight is 361 g/mol. The van der Waals surface area contributed by atoms with E-state index < -0.39 is 12.8 Å². The van der Waals surface area contributed by atoms with Crippen LogP contribution in [0.15, 0.2) is 35.3 Å². The van der Waals surface area contributed by atoms with Crippen LogP contribution in [0.2, 0.25) is 0 Å². The Hall–Kier alpha value is -1.96. The smallest absolute Gasteiger partial charge is 0.411 e. The molecule has 0 saturated carbocycles. The van der Waals surface area contributed by atoms with E-state index in [1.54, 1.807) is 0 Å². The summed E-state index contributed by atoms with van der Waals surface area (Å²) < 4.78 is 46.1. The molecule has 142 valence electrons. The van der Waals surface area contributed by atoms with Gasteiger partial charge in [0.15, 0.2) is 5.96 Å². The first kappa shape index (κ1) is 21.1. The van der Waals surface area contributed by atoms with Gasteiger partial charge in [-0.25, -0.2) is 0 Å². The molecule has 0 aromatic heterocycles. The highest BCUT2D eigenvalue weighted by Crippen LogP contribution is 2.14. The molecule has 0 aliphatic rings. The summed E-state index contributed by atoms with van der Waals surface area (Å²) in [6, 6.07) is 9.52. The lowest BCUT2D eigenvalue weighted by atomic mass is 10.3. The third-order valence-electron chi connectivity index (χ3n) is 3.11. The third-order valence-corrected chi connectivity index (χ3v) is 3.11. The summed E-state index contributed by atoms with van der Waals surface area (Å²) in [6.07, 6.45) is -3.85. The molecule has 0 atom stereocenters. The molecule has 1 aromatic carbocycles. The van der Waals surface area contributed by atoms with Crippen LogP contribution in [0.25, 0.3) is 0 Å². The molecular formula is C17H26F3N3O2. The van der Waals surface area contributed by atoms with Crippen LogP contribution in [0, 0.1) is 0 Å². The van der Waals surface area contributed by atoms with Crippen molar-refractivity contribution < 1.29 is 22.6 Å². The van der Waals surface area contributed by atoms with Gasteiger partial charge in [0.2, 0.25) is 0 Å². The number of likely N-dealkylation sites (N-methyl/N-ethyl adjacent to an activating group) is 1. The number of nitrogens with zero attached hydrogens (tertiary/aromatic N) is 2. The number of hydrogen-bond donors (Lipinski definition) is 1. The molecule has 0 aliphatic carbocycles. The number of halogens is 3. The average Bonchev–Trinajstić information content (AvgIpc) is 2.57. The lowest BCUT2D eigenvalue weighted by Crippen LogP contribution is -2.41. The van der Waals surface area contributed by atoms with Gasteiger partial charge in [0, 0.05) is 26.7 Å². The topological polar surface area (TPSA) is 46.1 Å². The van der Waals surface area contributed by atoms with Gasteiger partial charge >= 0.3 is 6.18 Å². The zero-order valence-electron chi connectivity index (χ0n) is 14.7. The Labute approximate surface area is 146 Å². The third kappa shape index (κ3) is 10.5. The Kier molecular flexibility index (Phi) is 9.76. The zero-order chi connectivity index (χ0) is 18.5. The van der Waals surface area contributed by atoms with E-state index >= 15 is 0 Å². The Balaban J connectivity index is 2.30. The van der Waals surface area contributed by atoms with Crippen LogP contribution in [0.1, 0.15) is 13.3 Å². The van der Waals surface area contributed by atoms with Gasteiger partial charge < -0.3 is 19.7 Å². The zero-order valence-corrected chi connectivity index (χ0v) is 14.7. The molecular weight excluding hydrogens is 335 g/mol. The molecule has 5 nitrogen and oxygen atoms in total. The number of benzene rings is 1. The van der Waals surface area contributed by atoms with Crippen LogP contribution in [0.3, 0.4) is 0 Å². The van der Waals surface area contributed by atoms with E-state index in [2.05, 4.69) is 15.0 Å². The number of hydrogen-bond acceptors (Lipinski definition) is 3. The Bertz CT molecular complexity index is 496. The summed E-state index contributed by atoms with van der Waals surface area (Å²) in [5.74, 6) is 1.50. The van der Waals surface area contributed by atoms with E-state index in [-0.39, 0.29) is 6.61 Å². The first-order valence-corrected chi connectivity index (χ1v) is 8.24. The number of ether oxygens (including phenoxy) is 2. The molecule has 0 unspecified atom stereocenters. The summed E-state index contributed by atoms with van der Waals surface area (Å²) in [4.78, 5) is 6.31. The minimum Gasteiger partial charge on any atom is -0.492 e. The molecule has 0 radical (unpaired) electrons. The molecule has 1 rings (SSSR count). The second kappa shape index (κ2) is 11.6. The van der Waals surface area contributed by atoms with Crippen molar-refractivity contribution in [2.75, 3.05) is 46.5 Å². The molecule has 0 heterocycles. The quantitative estimate of drug-likeness (QED) is 0.395. The molecule has 1 aromatic rings. The predicted molar refractivity (Wildman–Crippen MR) is 92.0 cm³/mol. The van der Waals surface area contributed by atoms with Crippen molar-refractivity contribution in [1.82, 2.24) is 10.2 Å². The molecule has 1 N–H and O–H groups in total. The first-order valence-electron chi connectivity index (χ1n) is 8.24. The van der Waals surface area contributed by atoms with Crippen molar-refractivity contribution >= 4 is 5.96 Å². The van der Waals surface area contributed by atoms with Crippen LogP contribution in [0.4, 0.5) is 13.2 Å². The molecule has 8 heteroatoms. The maximum atomic E-state index is 12.0. The highest BCUT2D eigenvalue weighted by Gasteiger charge is 2.27. The van der Waals surface area contributed by atoms with E-state index in [1.165, 1.54) is 0 Å². The molecule has 0 amide bonds. The van der Waals surface area contributed by atoms with Crippen LogP contribution >= 0.6 is 0 Å². The van der Waals surface area contributed by atoms with Crippen LogP contribution < -0.4 is 10.1 Å². The maximum Gasteiger partial charge on any atom is 0.411 e. The van der Waals surface area contributed by atoms with Crippen LogP contribution in [0.5, 0.6) is 5.75 Å². The molecule has 0 spiro atoms. The number of guanidine groups is 1. The molecule has 0 saturated heterocycles. The number of aliphatic imine (C=N–C) groups is 1. The second-order valence-electron chi connectivity index (χ2n) is 5.34. The number of alkyl halides is 3. The van der Waals surface area contributed by atoms with Gasteiger partial charge in [-0.3, -0.25) is 4.99 Å². The van der Waals surface area contributed by atoms with Crippen LogP contribution in [-0.2, 0) is 4.74 Å². The number of para-hydroxylation sites is 1. The van der Waals surface area contributed by atoms with Crippen molar-refractivity contribution in [2.24, 2.45) is 4.99 Å². The normalized spacial score (nSPS) is 12.1. The lowest BCUT2D eigenvalue weighted by molar-refractivity contribution is -0.173. The summed E-state index contributed by atoms with van der Waals surface area (Å²) in [5.41, 5.74) is 0. The monoisotopic (exact) mass is 361 g/mol. The van der Waals surface area contributed by atoms with E-state index in [9.17, 15) is 13.2 Å². The van der Waals surface area contributed by atoms with Crippen LogP contribution in [-0.4, -0.2) is 63.5 Å². The van der Waals surface area contributed by atoms with Crippen molar-refractivity contribution in [3.05, 3.63) is 30.3 Å². The van der Waals surface area contributed by atoms with E-state index in [0.29, 0.717) is 38.6 Å². The Morgan fingerprint density at radius 1 is 1.20 bits per heavy atom. The summed E-state index contributed by atoms with van der Waals surface area (Å²) >= 11 is 0. The van der Waals surface area contributed by atoms with Gasteiger partial charge in [-0.05, 0) is 25.5 Å². The maximum absolute atomic E-state index is 12.0. The molecule has 0 aliphatic heterocycles. The van der Waals surface area contributed by atoms with Gasteiger partial charge in [0.25, 0.3) is 0 Å². The van der Waals surface area contributed by atoms with E-state index in [1.807, 2.05) is 49.2 Å². The van der Waals surface area contributed by atoms with Gasteiger partial charge in [-0.1, -0.05) is 18.2 Å². The minimum absolute atomic E-state index is 0.0310. The van der Waals surface area contributed by atoms with Crippen molar-refractivity contribution in [3.8, 4) is 5.75 Å². The van der Waals surface area contributed by atoms with Crippen molar-refractivity contribution in [2.45, 2.75) is 19.5 Å². The first-order chi connectivity index (χ1) is 11.9. The van der Waals surface area contributed by atoms with E-state index in [4.69, 9.17) is 4.74 Å². The standard InChI is InChI=1S/C17H26F3N3O2/c1-3-21-16(22-10-7-12-24-14-17(18,19)20)23(2)11-13-25-15-8-5-4-6-9-15/h4-6,8-9H,3,7,10-14H2,1-2H3,(H,21,22). The van der Waals surface area contributed by atoms with Crippen molar-refractivity contribution in [1.29, 1.82) is 0 Å². The van der Waals surface area contributed by atoms with Gasteiger partial charge in [0.05, 0.1) is 6.54 Å². The molecule has 0 fully saturated rings. The number of rotatable bonds is 10. The summed E-state index contributed by atoms with van der Waals surface area (Å²) in [5, 5.41) is 3.15. The largest absolute Gasteiger partial charge is 0.492 e. The lowest BCUT2D eigenvalue weighted by Gasteiger charge is -2.22.